The van der Waals surface area contributed by atoms with Crippen LogP contribution < -0.4 is 0 Å². The van der Waals surface area contributed by atoms with Crippen molar-refractivity contribution in [2.75, 3.05) is 0 Å². The summed E-state index contributed by atoms with van der Waals surface area (Å²) in [5.74, 6) is -5.24. The molecule has 18 heavy (non-hydrogen) atoms. The molecule has 0 saturated heterocycles. The van der Waals surface area contributed by atoms with E-state index in [1.165, 1.54) is 0 Å². The van der Waals surface area contributed by atoms with Gasteiger partial charge in [-0.3, -0.25) is 0 Å². The van der Waals surface area contributed by atoms with Gasteiger partial charge in [-0.05, 0) is 0 Å². The van der Waals surface area contributed by atoms with E-state index in [1.54, 1.807) is 0 Å². The average molecular weight is 328 g/mol. The van der Waals surface area contributed by atoms with Gasteiger partial charge in [-0.15, -0.1) is 0 Å². The molecule has 0 saturated carbocycles. The molecule has 0 aliphatic carbocycles. The van der Waals surface area contributed by atoms with E-state index in [-0.39, 0.29) is 0 Å². The fraction of sp³-hybridized carbons (Fsp3) is 0.667. The Morgan fingerprint density at radius 3 is 1.44 bits per heavy atom. The summed E-state index contributed by atoms with van der Waals surface area (Å²) in [5.41, 5.74) is 0. The molecule has 0 fully saturated rings. The molecule has 0 amide bonds. The Hall–Kier alpha value is -0.700. The van der Waals surface area contributed by atoms with Gasteiger partial charge in [0.15, 0.2) is 0 Å². The summed E-state index contributed by atoms with van der Waals surface area (Å²) >= 11 is 0. The highest BCUT2D eigenvalue weighted by Crippen LogP contribution is 2.36. The fourth-order valence-corrected chi connectivity index (χ4v) is 1.74. The van der Waals surface area contributed by atoms with Crippen molar-refractivity contribution in [1.82, 2.24) is 0 Å². The second-order valence-corrected chi connectivity index (χ2v) is 5.74. The third kappa shape index (κ3) is 6.90. The minimum Gasteiger partial charge on any atom is -0.478 e. The minimum atomic E-state index is -4.64. The predicted molar refractivity (Wildman–Crippen MR) is 49.4 cm³/mol. The second-order valence-electron chi connectivity index (χ2n) is 2.46. The summed E-state index contributed by atoms with van der Waals surface area (Å²) < 4.78 is 49.4. The molecule has 15 heteroatoms. The molecule has 0 aromatic carbocycles. The van der Waals surface area contributed by atoms with Crippen molar-refractivity contribution in [2.45, 2.75) is 11.2 Å². The Balaban J connectivity index is 0. The molecule has 2 unspecified atom stereocenters. The van der Waals surface area contributed by atoms with Gasteiger partial charge in [0.2, 0.25) is 5.85 Å². The van der Waals surface area contributed by atoms with Gasteiger partial charge in [-0.2, -0.15) is 0 Å². The monoisotopic (exact) mass is 328 g/mol. The first-order valence-electron chi connectivity index (χ1n) is 3.44. The molecule has 0 aromatic rings. The van der Waals surface area contributed by atoms with Crippen LogP contribution in [0.5, 0.6) is 0 Å². The van der Waals surface area contributed by atoms with Crippen LogP contribution >= 0.6 is 23.2 Å². The van der Waals surface area contributed by atoms with Crippen molar-refractivity contribution in [3.8, 4) is 0 Å². The van der Waals surface area contributed by atoms with E-state index in [9.17, 15) is 23.1 Å². The lowest BCUT2D eigenvalue weighted by Gasteiger charge is -2.14. The molecule has 0 rings (SSSR count). The highest BCUT2D eigenvalue weighted by molar-refractivity contribution is 7.45. The SMILES string of the molecule is O=C(O)C(O)(C(O)P(=O)=O)P(=O)=O.O=P(O)(O)O. The zero-order valence-electron chi connectivity index (χ0n) is 8.05. The highest BCUT2D eigenvalue weighted by atomic mass is 31.2. The van der Waals surface area contributed by atoms with Crippen molar-refractivity contribution in [3.63, 3.8) is 0 Å². The number of hydrogen-bond donors (Lipinski definition) is 6. The Morgan fingerprint density at radius 2 is 1.39 bits per heavy atom. The first kappa shape index (κ1) is 19.6. The van der Waals surface area contributed by atoms with Crippen molar-refractivity contribution >= 4 is 29.2 Å². The van der Waals surface area contributed by atoms with Crippen molar-refractivity contribution < 1.29 is 57.6 Å². The van der Waals surface area contributed by atoms with Gasteiger partial charge in [-0.25, -0.2) is 27.6 Å². The lowest BCUT2D eigenvalue weighted by Crippen LogP contribution is -2.42. The summed E-state index contributed by atoms with van der Waals surface area (Å²) in [6.07, 6.45) is 0. The Morgan fingerprint density at radius 1 is 1.11 bits per heavy atom. The third-order valence-electron chi connectivity index (χ3n) is 1.15. The third-order valence-corrected chi connectivity index (χ3v) is 3.12. The van der Waals surface area contributed by atoms with Gasteiger partial charge in [-0.1, -0.05) is 0 Å². The molecular weight excluding hydrogens is 321 g/mol. The number of aliphatic hydroxyl groups is 2. The number of carboxylic acid groups (broad SMARTS) is 1. The van der Waals surface area contributed by atoms with Crippen molar-refractivity contribution in [3.05, 3.63) is 0 Å². The second kappa shape index (κ2) is 7.03. The van der Waals surface area contributed by atoms with E-state index in [1.807, 2.05) is 0 Å². The summed E-state index contributed by atoms with van der Waals surface area (Å²) in [5, 5.41) is 21.8. The number of hydrogen-bond acceptors (Lipinski definition) is 8. The molecule has 106 valence electrons. The van der Waals surface area contributed by atoms with Crippen molar-refractivity contribution in [1.29, 1.82) is 0 Å². The number of phosphoric acid groups is 1. The molecule has 0 spiro atoms. The molecule has 12 nitrogen and oxygen atoms in total. The Kier molecular flexibility index (Phi) is 7.67. The van der Waals surface area contributed by atoms with Crippen LogP contribution in [0.2, 0.25) is 0 Å². The van der Waals surface area contributed by atoms with Crippen LogP contribution in [-0.2, 0) is 27.6 Å². The van der Waals surface area contributed by atoms with Crippen LogP contribution in [0.15, 0.2) is 0 Å². The van der Waals surface area contributed by atoms with Gasteiger partial charge in [0.25, 0.3) is 0 Å². The largest absolute Gasteiger partial charge is 0.478 e. The zero-order chi connectivity index (χ0) is 15.3. The zero-order valence-corrected chi connectivity index (χ0v) is 10.7. The van der Waals surface area contributed by atoms with Gasteiger partial charge in [0, 0.05) is 0 Å². The van der Waals surface area contributed by atoms with Crippen LogP contribution in [0.4, 0.5) is 0 Å². The molecule has 0 aliphatic rings. The molecule has 0 heterocycles. The molecule has 0 aromatic heterocycles. The molecule has 2 atom stereocenters. The minimum absolute atomic E-state index is 2.35. The number of aliphatic carboxylic acids is 1. The van der Waals surface area contributed by atoms with E-state index in [2.05, 4.69) is 0 Å². The number of carboxylic acids is 1. The number of rotatable bonds is 4. The standard InChI is InChI=1S/C3H4O8P2.H3O4P/c4-1(5)3(7,13(10)11)2(6)12(8)9;1-5(2,3)4/h2,6-7H,(H,4,5);(H3,1,2,3,4). The van der Waals surface area contributed by atoms with Crippen LogP contribution in [0.1, 0.15) is 0 Å². The maximum atomic E-state index is 10.2. The van der Waals surface area contributed by atoms with E-state index in [0.29, 0.717) is 0 Å². The summed E-state index contributed by atoms with van der Waals surface area (Å²) in [7, 11) is -12.4. The molecule has 6 N–H and O–H groups in total. The van der Waals surface area contributed by atoms with E-state index in [0.717, 1.165) is 0 Å². The van der Waals surface area contributed by atoms with Crippen LogP contribution in [-0.4, -0.2) is 47.2 Å². The van der Waals surface area contributed by atoms with E-state index in [4.69, 9.17) is 34.6 Å². The quantitative estimate of drug-likeness (QED) is 0.324. The molecule has 0 bridgehead atoms. The summed E-state index contributed by atoms with van der Waals surface area (Å²) in [6.45, 7) is 0. The van der Waals surface area contributed by atoms with E-state index < -0.39 is 40.3 Å². The fourth-order valence-electron chi connectivity index (χ4n) is 0.430. The highest BCUT2D eigenvalue weighted by Gasteiger charge is 2.53. The van der Waals surface area contributed by atoms with Crippen LogP contribution in [0.3, 0.4) is 0 Å². The maximum absolute atomic E-state index is 10.2. The van der Waals surface area contributed by atoms with Crippen molar-refractivity contribution in [2.24, 2.45) is 0 Å². The summed E-state index contributed by atoms with van der Waals surface area (Å²) in [4.78, 5) is 31.7. The van der Waals surface area contributed by atoms with Gasteiger partial charge in [0.1, 0.15) is 0 Å². The Labute approximate surface area is 98.8 Å². The smallest absolute Gasteiger partial charge is 0.466 e. The first-order valence-corrected chi connectivity index (χ1v) is 7.43. The number of carbonyl (C=O) groups is 1. The maximum Gasteiger partial charge on any atom is 0.466 e. The average Bonchev–Trinajstić information content (AvgIpc) is 2.11. The van der Waals surface area contributed by atoms with Gasteiger partial charge >= 0.3 is 34.5 Å². The normalized spacial score (nSPS) is 15.6. The summed E-state index contributed by atoms with van der Waals surface area (Å²) in [6, 6.07) is 0. The molecule has 0 aliphatic heterocycles. The first-order chi connectivity index (χ1) is 7.74. The van der Waals surface area contributed by atoms with E-state index >= 15 is 0 Å². The van der Waals surface area contributed by atoms with Crippen LogP contribution in [0, 0.1) is 0 Å². The number of aliphatic hydroxyl groups excluding tert-OH is 1. The van der Waals surface area contributed by atoms with Crippen LogP contribution in [0.25, 0.3) is 0 Å². The van der Waals surface area contributed by atoms with Gasteiger partial charge < -0.3 is 30.0 Å². The topological polar surface area (TPSA) is 224 Å². The lowest BCUT2D eigenvalue weighted by atomic mass is 10.4. The molecule has 0 radical (unpaired) electrons. The molecular formula is C3H7O12P3. The predicted octanol–water partition coefficient (Wildman–Crippen LogP) is -1.50. The Bertz CT molecular complexity index is 457. The van der Waals surface area contributed by atoms with Gasteiger partial charge in [0.05, 0.1) is 0 Å². The lowest BCUT2D eigenvalue weighted by molar-refractivity contribution is -0.154.